The van der Waals surface area contributed by atoms with E-state index in [1.807, 2.05) is 6.08 Å². The Bertz CT molecular complexity index is 494. The predicted octanol–water partition coefficient (Wildman–Crippen LogP) is 2.80. The number of alkyl halides is 3. The summed E-state index contributed by atoms with van der Waals surface area (Å²) in [5, 5.41) is 2.92. The van der Waals surface area contributed by atoms with E-state index < -0.39 is 17.6 Å². The Kier molecular flexibility index (Phi) is 3.68. The summed E-state index contributed by atoms with van der Waals surface area (Å²) in [7, 11) is 0. The third-order valence-electron chi connectivity index (χ3n) is 3.15. The van der Waals surface area contributed by atoms with Crippen LogP contribution in [0.3, 0.4) is 0 Å². The normalized spacial score (nSPS) is 19.2. The van der Waals surface area contributed by atoms with Gasteiger partial charge in [0.25, 0.3) is 0 Å². The highest BCUT2D eigenvalue weighted by Crippen LogP contribution is 2.32. The molecular formula is C13H14F4N2. The molecule has 0 unspecified atom stereocenters. The Labute approximate surface area is 108 Å². The third kappa shape index (κ3) is 3.19. The van der Waals surface area contributed by atoms with E-state index in [1.54, 1.807) is 0 Å². The molecule has 1 aromatic carbocycles. The van der Waals surface area contributed by atoms with Gasteiger partial charge >= 0.3 is 6.18 Å². The molecule has 1 heterocycles. The molecule has 0 saturated heterocycles. The number of hydrogen-bond donors (Lipinski definition) is 2. The van der Waals surface area contributed by atoms with Crippen molar-refractivity contribution in [3.63, 3.8) is 0 Å². The Morgan fingerprint density at radius 1 is 1.32 bits per heavy atom. The average molecular weight is 274 g/mol. The van der Waals surface area contributed by atoms with E-state index in [-0.39, 0.29) is 17.9 Å². The summed E-state index contributed by atoms with van der Waals surface area (Å²) >= 11 is 0. The number of rotatable bonds is 3. The highest BCUT2D eigenvalue weighted by Gasteiger charge is 2.34. The van der Waals surface area contributed by atoms with Crippen LogP contribution in [-0.4, -0.2) is 6.54 Å². The number of benzene rings is 1. The Hall–Kier alpha value is -1.72. The number of nitrogens with one attached hydrogen (secondary N) is 1. The lowest BCUT2D eigenvalue weighted by Crippen LogP contribution is -2.17. The molecule has 6 heteroatoms. The lowest BCUT2D eigenvalue weighted by molar-refractivity contribution is -0.140. The van der Waals surface area contributed by atoms with Gasteiger partial charge in [-0.1, -0.05) is 12.1 Å². The molecule has 3 N–H and O–H groups in total. The van der Waals surface area contributed by atoms with Crippen LogP contribution < -0.4 is 11.1 Å². The number of nitrogens with two attached hydrogens (primary N) is 1. The topological polar surface area (TPSA) is 38.0 Å². The second-order valence-corrected chi connectivity index (χ2v) is 4.58. The fourth-order valence-electron chi connectivity index (χ4n) is 2.14. The zero-order valence-electron chi connectivity index (χ0n) is 10.1. The molecule has 0 radical (unpaired) electrons. The second-order valence-electron chi connectivity index (χ2n) is 4.58. The van der Waals surface area contributed by atoms with Gasteiger partial charge in [-0.05, 0) is 36.5 Å². The van der Waals surface area contributed by atoms with Gasteiger partial charge in [-0.25, -0.2) is 4.39 Å². The monoisotopic (exact) mass is 274 g/mol. The summed E-state index contributed by atoms with van der Waals surface area (Å²) in [6.45, 7) is 0.645. The van der Waals surface area contributed by atoms with Crippen LogP contribution in [0.5, 0.6) is 0 Å². The largest absolute Gasteiger partial charge is 0.419 e. The maximum absolute atomic E-state index is 13.7. The fourth-order valence-corrected chi connectivity index (χ4v) is 2.14. The van der Waals surface area contributed by atoms with E-state index in [4.69, 9.17) is 5.73 Å². The van der Waals surface area contributed by atoms with Crippen molar-refractivity contribution in [3.05, 3.63) is 47.0 Å². The van der Waals surface area contributed by atoms with Crippen molar-refractivity contribution in [2.45, 2.75) is 19.0 Å². The Morgan fingerprint density at radius 2 is 2.05 bits per heavy atom. The third-order valence-corrected chi connectivity index (χ3v) is 3.15. The van der Waals surface area contributed by atoms with E-state index in [0.717, 1.165) is 6.07 Å². The molecule has 19 heavy (non-hydrogen) atoms. The molecule has 1 atom stereocenters. The highest BCUT2D eigenvalue weighted by atomic mass is 19.4. The van der Waals surface area contributed by atoms with Crippen molar-refractivity contribution in [3.8, 4) is 0 Å². The first-order valence-electron chi connectivity index (χ1n) is 5.93. The molecule has 0 aromatic heterocycles. The van der Waals surface area contributed by atoms with Crippen molar-refractivity contribution in [2.24, 2.45) is 11.7 Å². The van der Waals surface area contributed by atoms with E-state index >= 15 is 0 Å². The van der Waals surface area contributed by atoms with Gasteiger partial charge < -0.3 is 11.1 Å². The van der Waals surface area contributed by atoms with E-state index in [1.165, 1.54) is 12.1 Å². The SMILES string of the molecule is NC1=C[C@H](CCc2cccc(C(F)(F)F)c2F)CN1. The van der Waals surface area contributed by atoms with E-state index in [2.05, 4.69) is 5.32 Å². The quantitative estimate of drug-likeness (QED) is 0.832. The van der Waals surface area contributed by atoms with Crippen molar-refractivity contribution >= 4 is 0 Å². The summed E-state index contributed by atoms with van der Waals surface area (Å²) in [6, 6.07) is 3.38. The van der Waals surface area contributed by atoms with Gasteiger partial charge in [0.1, 0.15) is 5.82 Å². The number of aryl methyl sites for hydroxylation is 1. The number of hydrogen-bond acceptors (Lipinski definition) is 2. The Balaban J connectivity index is 2.09. The summed E-state index contributed by atoms with van der Waals surface area (Å²) in [5.74, 6) is -0.471. The van der Waals surface area contributed by atoms with Crippen LogP contribution in [0, 0.1) is 11.7 Å². The molecule has 1 aliphatic heterocycles. The molecule has 0 amide bonds. The van der Waals surface area contributed by atoms with Crippen LogP contribution in [0.25, 0.3) is 0 Å². The van der Waals surface area contributed by atoms with Gasteiger partial charge in [-0.2, -0.15) is 13.2 Å². The van der Waals surface area contributed by atoms with Gasteiger partial charge in [-0.3, -0.25) is 0 Å². The summed E-state index contributed by atoms with van der Waals surface area (Å²) < 4.78 is 51.4. The van der Waals surface area contributed by atoms with Crippen LogP contribution >= 0.6 is 0 Å². The predicted molar refractivity (Wildman–Crippen MR) is 63.5 cm³/mol. The lowest BCUT2D eigenvalue weighted by Gasteiger charge is -2.12. The Morgan fingerprint density at radius 3 is 2.63 bits per heavy atom. The average Bonchev–Trinajstić information content (AvgIpc) is 2.72. The van der Waals surface area contributed by atoms with Crippen molar-refractivity contribution in [1.29, 1.82) is 0 Å². The van der Waals surface area contributed by atoms with Crippen LogP contribution in [0.1, 0.15) is 17.5 Å². The van der Waals surface area contributed by atoms with Gasteiger partial charge in [0.15, 0.2) is 0 Å². The van der Waals surface area contributed by atoms with E-state index in [9.17, 15) is 17.6 Å². The van der Waals surface area contributed by atoms with Gasteiger partial charge in [0.05, 0.1) is 11.4 Å². The molecular weight excluding hydrogens is 260 g/mol. The maximum atomic E-state index is 13.7. The lowest BCUT2D eigenvalue weighted by atomic mass is 9.98. The van der Waals surface area contributed by atoms with Gasteiger partial charge in [0, 0.05) is 6.54 Å². The molecule has 1 aromatic rings. The smallest absolute Gasteiger partial charge is 0.386 e. The molecule has 0 fully saturated rings. The summed E-state index contributed by atoms with van der Waals surface area (Å²) in [6.07, 6.45) is -2.03. The molecule has 2 rings (SSSR count). The molecule has 0 saturated carbocycles. The first kappa shape index (κ1) is 13.7. The molecule has 104 valence electrons. The van der Waals surface area contributed by atoms with Gasteiger partial charge in [-0.15, -0.1) is 0 Å². The van der Waals surface area contributed by atoms with Crippen LogP contribution in [0.15, 0.2) is 30.1 Å². The summed E-state index contributed by atoms with van der Waals surface area (Å²) in [5.41, 5.74) is 4.42. The van der Waals surface area contributed by atoms with Crippen LogP contribution in [0.2, 0.25) is 0 Å². The zero-order valence-corrected chi connectivity index (χ0v) is 10.1. The van der Waals surface area contributed by atoms with Crippen molar-refractivity contribution in [1.82, 2.24) is 5.32 Å². The minimum Gasteiger partial charge on any atom is -0.386 e. The van der Waals surface area contributed by atoms with Crippen LogP contribution in [0.4, 0.5) is 17.6 Å². The molecule has 0 spiro atoms. The molecule has 1 aliphatic rings. The fraction of sp³-hybridized carbons (Fsp3) is 0.385. The molecule has 0 aliphatic carbocycles. The second kappa shape index (κ2) is 5.11. The van der Waals surface area contributed by atoms with Gasteiger partial charge in [0.2, 0.25) is 0 Å². The first-order chi connectivity index (χ1) is 8.88. The highest BCUT2D eigenvalue weighted by molar-refractivity contribution is 5.28. The zero-order chi connectivity index (χ0) is 14.0. The van der Waals surface area contributed by atoms with Crippen LogP contribution in [-0.2, 0) is 12.6 Å². The maximum Gasteiger partial charge on any atom is 0.419 e. The molecule has 0 bridgehead atoms. The number of halogens is 4. The van der Waals surface area contributed by atoms with Crippen molar-refractivity contribution < 1.29 is 17.6 Å². The summed E-state index contributed by atoms with van der Waals surface area (Å²) in [4.78, 5) is 0. The standard InChI is InChI=1S/C13H14F4N2/c14-12-9(2-1-3-10(12)13(15,16)17)5-4-8-6-11(18)19-7-8/h1-3,6,8,19H,4-5,7,18H2/t8-/m0/s1. The first-order valence-corrected chi connectivity index (χ1v) is 5.93. The molecule has 2 nitrogen and oxygen atoms in total. The van der Waals surface area contributed by atoms with Crippen molar-refractivity contribution in [2.75, 3.05) is 6.54 Å². The van der Waals surface area contributed by atoms with E-state index in [0.29, 0.717) is 18.8 Å². The minimum atomic E-state index is -4.65. The minimum absolute atomic E-state index is 0.0914.